The van der Waals surface area contributed by atoms with Crippen LogP contribution >= 0.6 is 19.2 Å². The lowest BCUT2D eigenvalue weighted by Crippen LogP contribution is -2.35. The number of benzene rings is 3. The Morgan fingerprint density at radius 2 is 1.57 bits per heavy atom. The number of ether oxygens (including phenoxy) is 1. The van der Waals surface area contributed by atoms with Crippen LogP contribution in [0, 0.1) is 15.9 Å². The molecule has 3 rings (SSSR count). The van der Waals surface area contributed by atoms with E-state index in [1.165, 1.54) is 31.2 Å². The van der Waals surface area contributed by atoms with Gasteiger partial charge in [0, 0.05) is 22.2 Å². The molecule has 0 radical (unpaired) electrons. The van der Waals surface area contributed by atoms with E-state index in [1.54, 1.807) is 0 Å². The summed E-state index contributed by atoms with van der Waals surface area (Å²) in [6.07, 6.45) is -5.14. The van der Waals surface area contributed by atoms with Crippen molar-refractivity contribution in [3.63, 3.8) is 0 Å². The number of alkyl halides is 3. The zero-order valence-corrected chi connectivity index (χ0v) is 19.5. The number of nitrogens with zero attached hydrogens (tertiary/aromatic N) is 1. The minimum atomic E-state index is -5.14. The first-order valence-electron chi connectivity index (χ1n) is 9.86. The summed E-state index contributed by atoms with van der Waals surface area (Å²) in [7, 11) is -4.96. The average molecular weight is 534 g/mol. The smallest absolute Gasteiger partial charge is 0.423 e. The van der Waals surface area contributed by atoms with Crippen molar-refractivity contribution in [2.24, 2.45) is 0 Å². The molecule has 0 spiro atoms. The molecule has 0 heterocycles. The maximum atomic E-state index is 13.7. The molecule has 0 fully saturated rings. The summed E-state index contributed by atoms with van der Waals surface area (Å²) in [5.41, 5.74) is -3.05. The average Bonchev–Trinajstić information content (AvgIpc) is 2.78. The van der Waals surface area contributed by atoms with Gasteiger partial charge in [0.2, 0.25) is 0 Å². The predicted octanol–water partition coefficient (Wildman–Crippen LogP) is 6.91. The van der Waals surface area contributed by atoms with Gasteiger partial charge in [-0.3, -0.25) is 14.7 Å². The van der Waals surface area contributed by atoms with Gasteiger partial charge >= 0.3 is 13.8 Å². The summed E-state index contributed by atoms with van der Waals surface area (Å²) in [5.74, 6) is -1.33. The lowest BCUT2D eigenvalue weighted by Gasteiger charge is -2.37. The van der Waals surface area contributed by atoms with Gasteiger partial charge < -0.3 is 14.2 Å². The molecule has 7 nitrogen and oxygen atoms in total. The standard InChI is InChI=1S/C22H17ClF4NO6P/c1-2-33-35(31,32)21(14-3-7-16(23)8-4-14,15-5-9-17(24)10-6-15)34-18-11-12-20(28(29)30)19(13-18)22(25,26)27/h3-13H,2H2,1H3,(H,31,32). The minimum absolute atomic E-state index is 0.0558. The van der Waals surface area contributed by atoms with Gasteiger partial charge in [0.1, 0.15) is 17.1 Å². The van der Waals surface area contributed by atoms with E-state index in [-0.39, 0.29) is 22.8 Å². The Morgan fingerprint density at radius 3 is 2.06 bits per heavy atom. The summed E-state index contributed by atoms with van der Waals surface area (Å²) in [5, 5.41) is 8.87. The van der Waals surface area contributed by atoms with Crippen LogP contribution in [0.15, 0.2) is 66.7 Å². The van der Waals surface area contributed by atoms with E-state index < -0.39 is 46.9 Å². The van der Waals surface area contributed by atoms with E-state index in [9.17, 15) is 37.1 Å². The minimum Gasteiger partial charge on any atom is -0.465 e. The van der Waals surface area contributed by atoms with Crippen molar-refractivity contribution in [2.45, 2.75) is 18.4 Å². The SMILES string of the molecule is CCOP(=O)(O)C(Oc1ccc([N+](=O)[O-])c(C(F)(F)F)c1)(c1ccc(F)cc1)c1ccc(Cl)cc1. The summed E-state index contributed by atoms with van der Waals surface area (Å²) in [4.78, 5) is 21.0. The van der Waals surface area contributed by atoms with E-state index in [1.807, 2.05) is 0 Å². The van der Waals surface area contributed by atoms with E-state index in [0.29, 0.717) is 12.1 Å². The van der Waals surface area contributed by atoms with Crippen molar-refractivity contribution in [1.29, 1.82) is 0 Å². The fraction of sp³-hybridized carbons (Fsp3) is 0.182. The van der Waals surface area contributed by atoms with Crippen LogP contribution in [0.3, 0.4) is 0 Å². The molecular formula is C22H17ClF4NO6P. The quantitative estimate of drug-likeness (QED) is 0.146. The highest BCUT2D eigenvalue weighted by atomic mass is 35.5. The van der Waals surface area contributed by atoms with Crippen molar-refractivity contribution >= 4 is 24.9 Å². The number of halogens is 5. The molecule has 0 bridgehead atoms. The van der Waals surface area contributed by atoms with Crippen molar-refractivity contribution in [2.75, 3.05) is 6.61 Å². The van der Waals surface area contributed by atoms with Gasteiger partial charge in [0.25, 0.3) is 11.0 Å². The molecule has 0 aromatic heterocycles. The number of hydrogen-bond acceptors (Lipinski definition) is 5. The summed E-state index contributed by atoms with van der Waals surface area (Å²) >= 11 is 5.94. The van der Waals surface area contributed by atoms with Crippen LogP contribution in [0.1, 0.15) is 23.6 Å². The zero-order valence-electron chi connectivity index (χ0n) is 17.8. The first-order chi connectivity index (χ1) is 16.3. The van der Waals surface area contributed by atoms with Crippen LogP contribution < -0.4 is 4.74 Å². The molecule has 0 amide bonds. The van der Waals surface area contributed by atoms with Crippen molar-refractivity contribution in [1.82, 2.24) is 0 Å². The second-order valence-electron chi connectivity index (χ2n) is 7.13. The molecule has 35 heavy (non-hydrogen) atoms. The fourth-order valence-electron chi connectivity index (χ4n) is 3.42. The molecule has 2 atom stereocenters. The number of rotatable bonds is 8. The van der Waals surface area contributed by atoms with E-state index >= 15 is 0 Å². The lowest BCUT2D eigenvalue weighted by atomic mass is 10.00. The molecule has 13 heteroatoms. The van der Waals surface area contributed by atoms with Crippen LogP contribution in [0.2, 0.25) is 5.02 Å². The van der Waals surface area contributed by atoms with Crippen LogP contribution in [0.5, 0.6) is 5.75 Å². The molecular weight excluding hydrogens is 517 g/mol. The molecule has 1 N–H and O–H groups in total. The zero-order chi connectivity index (χ0) is 26.0. The Balaban J connectivity index is 2.35. The Morgan fingerprint density at radius 1 is 1.03 bits per heavy atom. The Kier molecular flexibility index (Phi) is 7.56. The van der Waals surface area contributed by atoms with E-state index in [4.69, 9.17) is 20.9 Å². The number of hydrogen-bond donors (Lipinski definition) is 1. The Labute approximate surface area is 201 Å². The lowest BCUT2D eigenvalue weighted by molar-refractivity contribution is -0.388. The third kappa shape index (κ3) is 5.33. The predicted molar refractivity (Wildman–Crippen MR) is 119 cm³/mol. The van der Waals surface area contributed by atoms with Gasteiger partial charge in [0.05, 0.1) is 11.5 Å². The maximum Gasteiger partial charge on any atom is 0.423 e. The van der Waals surface area contributed by atoms with E-state index in [2.05, 4.69) is 0 Å². The summed E-state index contributed by atoms with van der Waals surface area (Å²) < 4.78 is 79.0. The molecule has 2 unspecified atom stereocenters. The molecule has 0 aliphatic heterocycles. The third-order valence-corrected chi connectivity index (χ3v) is 7.17. The van der Waals surface area contributed by atoms with Crippen LogP contribution in [0.4, 0.5) is 23.2 Å². The van der Waals surface area contributed by atoms with Gasteiger partial charge in [-0.15, -0.1) is 0 Å². The molecule has 186 valence electrons. The molecule has 3 aromatic carbocycles. The monoisotopic (exact) mass is 533 g/mol. The maximum absolute atomic E-state index is 13.7. The topological polar surface area (TPSA) is 98.9 Å². The van der Waals surface area contributed by atoms with Crippen molar-refractivity contribution < 1.29 is 41.2 Å². The molecule has 0 aliphatic carbocycles. The normalized spacial score (nSPS) is 15.2. The van der Waals surface area contributed by atoms with Gasteiger partial charge in [0.15, 0.2) is 0 Å². The highest BCUT2D eigenvalue weighted by molar-refractivity contribution is 7.54. The largest absolute Gasteiger partial charge is 0.465 e. The fourth-order valence-corrected chi connectivity index (χ4v) is 5.25. The van der Waals surface area contributed by atoms with Gasteiger partial charge in [-0.2, -0.15) is 13.2 Å². The number of nitro benzene ring substituents is 1. The van der Waals surface area contributed by atoms with Crippen LogP contribution in [-0.4, -0.2) is 16.4 Å². The van der Waals surface area contributed by atoms with Crippen LogP contribution in [-0.2, 0) is 20.6 Å². The van der Waals surface area contributed by atoms with Crippen molar-refractivity contribution in [3.8, 4) is 5.75 Å². The van der Waals surface area contributed by atoms with Gasteiger partial charge in [-0.25, -0.2) is 4.39 Å². The van der Waals surface area contributed by atoms with Gasteiger partial charge in [-0.05, 0) is 43.3 Å². The summed E-state index contributed by atoms with van der Waals surface area (Å²) in [6, 6.07) is 11.2. The number of nitro groups is 1. The Hall–Kier alpha value is -2.98. The second-order valence-corrected chi connectivity index (χ2v) is 9.50. The first kappa shape index (κ1) is 26.6. The van der Waals surface area contributed by atoms with Crippen molar-refractivity contribution in [3.05, 3.63) is 104 Å². The molecule has 0 saturated heterocycles. The second kappa shape index (κ2) is 9.94. The highest BCUT2D eigenvalue weighted by Crippen LogP contribution is 2.64. The summed E-state index contributed by atoms with van der Waals surface area (Å²) in [6.45, 7) is 1.12. The molecule has 0 saturated carbocycles. The Bertz CT molecular complexity index is 1220. The van der Waals surface area contributed by atoms with E-state index in [0.717, 1.165) is 30.3 Å². The third-order valence-electron chi connectivity index (χ3n) is 4.91. The highest BCUT2D eigenvalue weighted by Gasteiger charge is 2.55. The van der Waals surface area contributed by atoms with Gasteiger partial charge in [-0.1, -0.05) is 35.9 Å². The molecule has 3 aromatic rings. The first-order valence-corrected chi connectivity index (χ1v) is 11.8. The molecule has 0 aliphatic rings. The van der Waals surface area contributed by atoms with Crippen LogP contribution in [0.25, 0.3) is 0 Å².